The average molecular weight is 341 g/mol. The molecule has 0 aliphatic heterocycles. The third kappa shape index (κ3) is 4.03. The van der Waals surface area contributed by atoms with E-state index >= 15 is 0 Å². The Morgan fingerprint density at radius 3 is 2.79 bits per heavy atom. The van der Waals surface area contributed by atoms with E-state index in [-0.39, 0.29) is 11.9 Å². The molecule has 0 aliphatic rings. The van der Waals surface area contributed by atoms with Crippen molar-refractivity contribution in [2.24, 2.45) is 5.92 Å². The number of rotatable bonds is 7. The van der Waals surface area contributed by atoms with Crippen molar-refractivity contribution in [3.8, 4) is 0 Å². The van der Waals surface area contributed by atoms with Gasteiger partial charge >= 0.3 is 0 Å². The second kappa shape index (κ2) is 7.62. The number of carbonyl (C=O) groups is 1. The van der Waals surface area contributed by atoms with E-state index < -0.39 is 0 Å². The van der Waals surface area contributed by atoms with Crippen molar-refractivity contribution in [3.05, 3.63) is 52.5 Å². The largest absolute Gasteiger partial charge is 0.348 e. The molecule has 0 saturated heterocycles. The summed E-state index contributed by atoms with van der Waals surface area (Å²) in [5, 5.41) is 5.23. The van der Waals surface area contributed by atoms with Crippen LogP contribution in [0.15, 0.2) is 41.8 Å². The molecule has 0 fully saturated rings. The number of H-pyrrole nitrogens is 1. The smallest absolute Gasteiger partial charge is 0.220 e. The number of thiophene rings is 1. The molecule has 1 atom stereocenters. The third-order valence-electron chi connectivity index (χ3n) is 4.09. The number of nitrogens with zero attached hydrogens (tertiary/aromatic N) is 1. The molecule has 2 N–H and O–H groups in total. The fraction of sp³-hybridized carbons (Fsp3) is 0.368. The highest BCUT2D eigenvalue weighted by Gasteiger charge is 2.19. The van der Waals surface area contributed by atoms with Crippen molar-refractivity contribution in [1.29, 1.82) is 0 Å². The van der Waals surface area contributed by atoms with Crippen molar-refractivity contribution in [2.75, 3.05) is 0 Å². The van der Waals surface area contributed by atoms with Crippen LogP contribution < -0.4 is 5.32 Å². The average Bonchev–Trinajstić information content (AvgIpc) is 3.21. The van der Waals surface area contributed by atoms with Crippen LogP contribution >= 0.6 is 11.3 Å². The molecular weight excluding hydrogens is 318 g/mol. The Hall–Kier alpha value is -2.14. The highest BCUT2D eigenvalue weighted by atomic mass is 32.1. The van der Waals surface area contributed by atoms with Gasteiger partial charge in [-0.1, -0.05) is 32.0 Å². The normalized spacial score (nSPS) is 12.6. The Morgan fingerprint density at radius 2 is 2.08 bits per heavy atom. The molecular formula is C19H23N3OS. The number of hydrogen-bond acceptors (Lipinski definition) is 3. The molecule has 3 rings (SSSR count). The Balaban J connectivity index is 1.51. The maximum absolute atomic E-state index is 12.3. The summed E-state index contributed by atoms with van der Waals surface area (Å²) >= 11 is 1.69. The molecule has 0 bridgehead atoms. The number of benzene rings is 1. The zero-order valence-electron chi connectivity index (χ0n) is 14.1. The van der Waals surface area contributed by atoms with Gasteiger partial charge in [-0.25, -0.2) is 4.98 Å². The Labute approximate surface area is 146 Å². The van der Waals surface area contributed by atoms with Crippen LogP contribution in [0, 0.1) is 5.92 Å². The van der Waals surface area contributed by atoms with Crippen LogP contribution in [0.1, 0.15) is 43.4 Å². The van der Waals surface area contributed by atoms with E-state index in [0.717, 1.165) is 29.7 Å². The van der Waals surface area contributed by atoms with Gasteiger partial charge < -0.3 is 10.3 Å². The monoisotopic (exact) mass is 341 g/mol. The maximum atomic E-state index is 12.3. The Bertz CT molecular complexity index is 759. The lowest BCUT2D eigenvalue weighted by atomic mass is 10.0. The van der Waals surface area contributed by atoms with E-state index in [1.54, 1.807) is 11.3 Å². The third-order valence-corrected chi connectivity index (χ3v) is 5.04. The minimum atomic E-state index is 0.101. The minimum Gasteiger partial charge on any atom is -0.348 e. The second-order valence-corrected chi connectivity index (χ2v) is 7.34. The highest BCUT2D eigenvalue weighted by Crippen LogP contribution is 2.25. The number of imidazole rings is 1. The predicted molar refractivity (Wildman–Crippen MR) is 99.1 cm³/mol. The molecule has 1 amide bonds. The summed E-state index contributed by atoms with van der Waals surface area (Å²) in [6.07, 6.45) is 2.10. The molecule has 2 heterocycles. The van der Waals surface area contributed by atoms with E-state index in [0.29, 0.717) is 12.3 Å². The maximum Gasteiger partial charge on any atom is 0.220 e. The molecule has 3 aromatic rings. The number of hydrogen-bond donors (Lipinski definition) is 2. The lowest BCUT2D eigenvalue weighted by molar-refractivity contribution is -0.122. The molecule has 1 aromatic carbocycles. The van der Waals surface area contributed by atoms with Gasteiger partial charge in [0.2, 0.25) is 5.91 Å². The molecule has 0 saturated carbocycles. The molecule has 4 nitrogen and oxygen atoms in total. The van der Waals surface area contributed by atoms with Crippen LogP contribution in [0.2, 0.25) is 0 Å². The van der Waals surface area contributed by atoms with Gasteiger partial charge in [-0.3, -0.25) is 4.79 Å². The number of fused-ring (bicyclic) bond motifs is 1. The number of amides is 1. The van der Waals surface area contributed by atoms with Gasteiger partial charge in [-0.05, 0) is 35.9 Å². The standard InChI is InChI=1S/C19H23N3OS/c1-13(2)19(16-9-6-12-24-16)22-18(23)11-5-10-17-20-14-7-3-4-8-15(14)21-17/h3-4,6-9,12-13,19H,5,10-11H2,1-2H3,(H,20,21)(H,22,23)/t19-/m1/s1. The number of para-hydroxylation sites is 2. The van der Waals surface area contributed by atoms with Gasteiger partial charge in [0.15, 0.2) is 0 Å². The first-order valence-electron chi connectivity index (χ1n) is 8.40. The predicted octanol–water partition coefficient (Wildman–Crippen LogP) is 4.46. The van der Waals surface area contributed by atoms with E-state index in [2.05, 4.69) is 40.6 Å². The number of aryl methyl sites for hydroxylation is 1. The minimum absolute atomic E-state index is 0.101. The van der Waals surface area contributed by atoms with Crippen LogP contribution in [0.3, 0.4) is 0 Å². The van der Waals surface area contributed by atoms with Crippen molar-refractivity contribution in [2.45, 2.75) is 39.2 Å². The van der Waals surface area contributed by atoms with E-state index in [1.165, 1.54) is 4.88 Å². The molecule has 0 aliphatic carbocycles. The van der Waals surface area contributed by atoms with Crippen molar-refractivity contribution < 1.29 is 4.79 Å². The molecule has 24 heavy (non-hydrogen) atoms. The summed E-state index contributed by atoms with van der Waals surface area (Å²) in [5.74, 6) is 1.43. The lowest BCUT2D eigenvalue weighted by Crippen LogP contribution is -2.31. The summed E-state index contributed by atoms with van der Waals surface area (Å²) in [4.78, 5) is 21.4. The summed E-state index contributed by atoms with van der Waals surface area (Å²) in [6, 6.07) is 12.2. The number of carbonyl (C=O) groups excluding carboxylic acids is 1. The van der Waals surface area contributed by atoms with Crippen LogP contribution in [-0.4, -0.2) is 15.9 Å². The van der Waals surface area contributed by atoms with E-state index in [1.807, 2.05) is 30.3 Å². The van der Waals surface area contributed by atoms with Gasteiger partial charge in [0.05, 0.1) is 17.1 Å². The number of nitrogens with one attached hydrogen (secondary N) is 2. The number of aromatic amines is 1. The SMILES string of the molecule is CC(C)[C@@H](NC(=O)CCCc1nc2ccccc2[nH]1)c1cccs1. The summed E-state index contributed by atoms with van der Waals surface area (Å²) in [6.45, 7) is 4.28. The van der Waals surface area contributed by atoms with Gasteiger partial charge in [-0.15, -0.1) is 11.3 Å². The van der Waals surface area contributed by atoms with Gasteiger partial charge in [0, 0.05) is 17.7 Å². The first-order valence-corrected chi connectivity index (χ1v) is 9.28. The molecule has 5 heteroatoms. The quantitative estimate of drug-likeness (QED) is 0.666. The number of aromatic nitrogens is 2. The van der Waals surface area contributed by atoms with E-state index in [4.69, 9.17) is 0 Å². The Kier molecular flexibility index (Phi) is 5.30. The topological polar surface area (TPSA) is 57.8 Å². The molecule has 126 valence electrons. The highest BCUT2D eigenvalue weighted by molar-refractivity contribution is 7.10. The van der Waals surface area contributed by atoms with Gasteiger partial charge in [0.25, 0.3) is 0 Å². The lowest BCUT2D eigenvalue weighted by Gasteiger charge is -2.21. The molecule has 0 unspecified atom stereocenters. The van der Waals surface area contributed by atoms with E-state index in [9.17, 15) is 4.79 Å². The fourth-order valence-electron chi connectivity index (χ4n) is 2.82. The fourth-order valence-corrected chi connectivity index (χ4v) is 3.77. The molecule has 0 radical (unpaired) electrons. The van der Waals surface area contributed by atoms with Crippen LogP contribution in [0.4, 0.5) is 0 Å². The van der Waals surface area contributed by atoms with Crippen molar-refractivity contribution in [3.63, 3.8) is 0 Å². The zero-order chi connectivity index (χ0) is 16.9. The second-order valence-electron chi connectivity index (χ2n) is 6.36. The van der Waals surface area contributed by atoms with Crippen molar-refractivity contribution >= 4 is 28.3 Å². The zero-order valence-corrected chi connectivity index (χ0v) is 14.9. The van der Waals surface area contributed by atoms with Crippen LogP contribution in [0.25, 0.3) is 11.0 Å². The van der Waals surface area contributed by atoms with Crippen LogP contribution in [-0.2, 0) is 11.2 Å². The first-order chi connectivity index (χ1) is 11.6. The van der Waals surface area contributed by atoms with Crippen molar-refractivity contribution in [1.82, 2.24) is 15.3 Å². The van der Waals surface area contributed by atoms with Gasteiger partial charge in [0.1, 0.15) is 5.82 Å². The van der Waals surface area contributed by atoms with Gasteiger partial charge in [-0.2, -0.15) is 0 Å². The first kappa shape index (κ1) is 16.7. The summed E-state index contributed by atoms with van der Waals surface area (Å²) in [5.41, 5.74) is 2.03. The summed E-state index contributed by atoms with van der Waals surface area (Å²) < 4.78 is 0. The molecule has 0 spiro atoms. The summed E-state index contributed by atoms with van der Waals surface area (Å²) in [7, 11) is 0. The Morgan fingerprint density at radius 1 is 1.25 bits per heavy atom. The molecule has 2 aromatic heterocycles. The van der Waals surface area contributed by atoms with Crippen LogP contribution in [0.5, 0.6) is 0 Å².